The van der Waals surface area contributed by atoms with Gasteiger partial charge in [-0.1, -0.05) is 12.1 Å². The van der Waals surface area contributed by atoms with Crippen LogP contribution in [-0.4, -0.2) is 39.7 Å². The fourth-order valence-corrected chi connectivity index (χ4v) is 2.41. The number of ether oxygens (including phenoxy) is 3. The average molecular weight is 376 g/mol. The zero-order valence-electron chi connectivity index (χ0n) is 15.2. The molecule has 27 heavy (non-hydrogen) atoms. The fourth-order valence-electron chi connectivity index (χ4n) is 2.41. The molecule has 0 fully saturated rings. The van der Waals surface area contributed by atoms with Gasteiger partial charge in [0.1, 0.15) is 5.82 Å². The monoisotopic (exact) mass is 376 g/mol. The van der Waals surface area contributed by atoms with Crippen molar-refractivity contribution < 1.29 is 28.2 Å². The van der Waals surface area contributed by atoms with E-state index in [9.17, 15) is 14.0 Å². The van der Waals surface area contributed by atoms with E-state index in [4.69, 9.17) is 14.2 Å². The number of hydrogen-bond donors (Lipinski definition) is 2. The van der Waals surface area contributed by atoms with Crippen LogP contribution in [-0.2, 0) is 14.3 Å². The van der Waals surface area contributed by atoms with Crippen LogP contribution in [0.1, 0.15) is 11.7 Å². The normalized spacial score (nSPS) is 11.4. The predicted octanol–water partition coefficient (Wildman–Crippen LogP) is 2.29. The molecular weight excluding hydrogens is 355 g/mol. The quantitative estimate of drug-likeness (QED) is 0.724. The van der Waals surface area contributed by atoms with Gasteiger partial charge in [-0.15, -0.1) is 0 Å². The molecule has 0 saturated carbocycles. The van der Waals surface area contributed by atoms with Crippen molar-refractivity contribution in [2.75, 3.05) is 33.2 Å². The molecule has 2 rings (SSSR count). The molecule has 1 atom stereocenters. The number of rotatable bonds is 7. The maximum absolute atomic E-state index is 13.3. The summed E-state index contributed by atoms with van der Waals surface area (Å²) in [5.41, 5.74) is 0.930. The van der Waals surface area contributed by atoms with Crippen molar-refractivity contribution in [2.24, 2.45) is 0 Å². The highest BCUT2D eigenvalue weighted by atomic mass is 19.1. The second-order valence-corrected chi connectivity index (χ2v) is 5.51. The average Bonchev–Trinajstić information content (AvgIpc) is 2.68. The molecule has 7 nitrogen and oxygen atoms in total. The van der Waals surface area contributed by atoms with Gasteiger partial charge in [0.2, 0.25) is 0 Å². The molecule has 144 valence electrons. The van der Waals surface area contributed by atoms with Gasteiger partial charge >= 0.3 is 11.8 Å². The summed E-state index contributed by atoms with van der Waals surface area (Å²) in [6.45, 7) is 0.0120. The summed E-state index contributed by atoms with van der Waals surface area (Å²) in [5.74, 6) is -1.19. The van der Waals surface area contributed by atoms with Crippen molar-refractivity contribution in [1.29, 1.82) is 0 Å². The Morgan fingerprint density at radius 2 is 1.74 bits per heavy atom. The van der Waals surface area contributed by atoms with Crippen molar-refractivity contribution in [1.82, 2.24) is 5.32 Å². The number of halogens is 1. The second kappa shape index (κ2) is 9.54. The Hall–Kier alpha value is -3.13. The van der Waals surface area contributed by atoms with Gasteiger partial charge in [-0.3, -0.25) is 9.59 Å². The number of benzene rings is 2. The minimum absolute atomic E-state index is 0.0120. The number of carbonyl (C=O) groups excluding carboxylic acids is 2. The first-order valence-electron chi connectivity index (χ1n) is 8.08. The molecule has 2 N–H and O–H groups in total. The second-order valence-electron chi connectivity index (χ2n) is 5.51. The smallest absolute Gasteiger partial charge is 0.313 e. The molecule has 2 aromatic carbocycles. The Kier molecular flexibility index (Phi) is 7.13. The number of hydrogen-bond acceptors (Lipinski definition) is 5. The van der Waals surface area contributed by atoms with E-state index in [0.717, 1.165) is 0 Å². The van der Waals surface area contributed by atoms with Crippen LogP contribution in [0.25, 0.3) is 0 Å². The van der Waals surface area contributed by atoms with E-state index in [1.54, 1.807) is 24.3 Å². The summed E-state index contributed by atoms with van der Waals surface area (Å²) in [6.07, 6.45) is -0.585. The molecule has 0 heterocycles. The Morgan fingerprint density at radius 3 is 2.37 bits per heavy atom. The molecule has 0 bridgehead atoms. The number of nitrogens with one attached hydrogen (secondary N) is 2. The third-order valence-corrected chi connectivity index (χ3v) is 3.80. The number of anilines is 1. The third-order valence-electron chi connectivity index (χ3n) is 3.80. The summed E-state index contributed by atoms with van der Waals surface area (Å²) in [4.78, 5) is 24.1. The van der Waals surface area contributed by atoms with Crippen LogP contribution >= 0.6 is 0 Å². The van der Waals surface area contributed by atoms with Crippen LogP contribution < -0.4 is 20.1 Å². The Bertz CT molecular complexity index is 812. The zero-order valence-corrected chi connectivity index (χ0v) is 15.2. The molecular formula is C19H21FN2O5. The first-order chi connectivity index (χ1) is 13.0. The van der Waals surface area contributed by atoms with E-state index in [0.29, 0.717) is 22.7 Å². The molecule has 0 aliphatic carbocycles. The van der Waals surface area contributed by atoms with Gasteiger partial charge in [0, 0.05) is 25.4 Å². The standard InChI is InChI=1S/C19H21FN2O5/c1-25-15-8-7-14(10-16(15)26-2)22-19(24)18(23)21-11-17(27-3)12-5-4-6-13(20)9-12/h4-10,17H,11H2,1-3H3,(H,21,23)(H,22,24). The summed E-state index contributed by atoms with van der Waals surface area (Å²) < 4.78 is 28.8. The maximum atomic E-state index is 13.3. The molecule has 0 spiro atoms. The molecule has 0 aliphatic heterocycles. The largest absolute Gasteiger partial charge is 0.493 e. The van der Waals surface area contributed by atoms with Gasteiger partial charge in [-0.05, 0) is 29.8 Å². The van der Waals surface area contributed by atoms with Gasteiger partial charge < -0.3 is 24.8 Å². The summed E-state index contributed by atoms with van der Waals surface area (Å²) in [5, 5.41) is 4.94. The minimum Gasteiger partial charge on any atom is -0.493 e. The van der Waals surface area contributed by atoms with Gasteiger partial charge in [0.15, 0.2) is 11.5 Å². The first kappa shape index (κ1) is 20.2. The zero-order chi connectivity index (χ0) is 19.8. The lowest BCUT2D eigenvalue weighted by Gasteiger charge is -2.16. The topological polar surface area (TPSA) is 85.9 Å². The molecule has 2 aromatic rings. The molecule has 0 radical (unpaired) electrons. The van der Waals surface area contributed by atoms with Gasteiger partial charge in [0.25, 0.3) is 0 Å². The number of amides is 2. The Balaban J connectivity index is 1.96. The highest BCUT2D eigenvalue weighted by molar-refractivity contribution is 6.39. The minimum atomic E-state index is -0.851. The van der Waals surface area contributed by atoms with E-state index >= 15 is 0 Å². The molecule has 0 aromatic heterocycles. The van der Waals surface area contributed by atoms with Crippen molar-refractivity contribution in [2.45, 2.75) is 6.10 Å². The SMILES string of the molecule is COc1ccc(NC(=O)C(=O)NCC(OC)c2cccc(F)c2)cc1OC. The van der Waals surface area contributed by atoms with E-state index in [1.165, 1.54) is 39.5 Å². The van der Waals surface area contributed by atoms with E-state index in [1.807, 2.05) is 0 Å². The van der Waals surface area contributed by atoms with Crippen LogP contribution in [0.3, 0.4) is 0 Å². The third kappa shape index (κ3) is 5.42. The van der Waals surface area contributed by atoms with Gasteiger partial charge in [-0.25, -0.2) is 4.39 Å². The number of methoxy groups -OCH3 is 3. The first-order valence-corrected chi connectivity index (χ1v) is 8.08. The number of carbonyl (C=O) groups is 2. The van der Waals surface area contributed by atoms with Crippen LogP contribution in [0.2, 0.25) is 0 Å². The molecule has 2 amide bonds. The van der Waals surface area contributed by atoms with Crippen LogP contribution in [0.4, 0.5) is 10.1 Å². The van der Waals surface area contributed by atoms with Crippen molar-refractivity contribution in [3.8, 4) is 11.5 Å². The molecule has 8 heteroatoms. The molecule has 1 unspecified atom stereocenters. The Labute approximate surface area is 156 Å². The highest BCUT2D eigenvalue weighted by Gasteiger charge is 2.18. The molecule has 0 aliphatic rings. The Morgan fingerprint density at radius 1 is 1.00 bits per heavy atom. The maximum Gasteiger partial charge on any atom is 0.313 e. The van der Waals surface area contributed by atoms with Crippen LogP contribution in [0.5, 0.6) is 11.5 Å². The lowest BCUT2D eigenvalue weighted by Crippen LogP contribution is -2.38. The van der Waals surface area contributed by atoms with Crippen molar-refractivity contribution in [3.05, 3.63) is 53.8 Å². The fraction of sp³-hybridized carbons (Fsp3) is 0.263. The lowest BCUT2D eigenvalue weighted by atomic mass is 10.1. The van der Waals surface area contributed by atoms with Crippen molar-refractivity contribution >= 4 is 17.5 Å². The van der Waals surface area contributed by atoms with E-state index in [2.05, 4.69) is 10.6 Å². The van der Waals surface area contributed by atoms with E-state index in [-0.39, 0.29) is 6.54 Å². The summed E-state index contributed by atoms with van der Waals surface area (Å²) in [7, 11) is 4.40. The van der Waals surface area contributed by atoms with Crippen LogP contribution in [0, 0.1) is 5.82 Å². The van der Waals surface area contributed by atoms with Crippen LogP contribution in [0.15, 0.2) is 42.5 Å². The summed E-state index contributed by atoms with van der Waals surface area (Å²) in [6, 6.07) is 10.6. The van der Waals surface area contributed by atoms with E-state index < -0.39 is 23.7 Å². The molecule has 0 saturated heterocycles. The van der Waals surface area contributed by atoms with Gasteiger partial charge in [0.05, 0.1) is 20.3 Å². The highest BCUT2D eigenvalue weighted by Crippen LogP contribution is 2.29. The predicted molar refractivity (Wildman–Crippen MR) is 97.3 cm³/mol. The van der Waals surface area contributed by atoms with Crippen molar-refractivity contribution in [3.63, 3.8) is 0 Å². The summed E-state index contributed by atoms with van der Waals surface area (Å²) >= 11 is 0. The van der Waals surface area contributed by atoms with Gasteiger partial charge in [-0.2, -0.15) is 0 Å². The lowest BCUT2D eigenvalue weighted by molar-refractivity contribution is -0.136.